The number of carbonyl (C=O) groups excluding carboxylic acids is 2. The lowest BCUT2D eigenvalue weighted by molar-refractivity contribution is -0.141. The van der Waals surface area contributed by atoms with Crippen LogP contribution in [-0.2, 0) is 17.5 Å². The molecule has 2 aromatic carbocycles. The first-order chi connectivity index (χ1) is 14.7. The number of nitrogens with one attached hydrogen (secondary N) is 2. The van der Waals surface area contributed by atoms with Gasteiger partial charge in [-0.2, -0.15) is 13.2 Å². The van der Waals surface area contributed by atoms with Gasteiger partial charge in [-0.3, -0.25) is 0 Å². The van der Waals surface area contributed by atoms with Gasteiger partial charge >= 0.3 is 18.2 Å². The van der Waals surface area contributed by atoms with E-state index in [1.54, 1.807) is 54.6 Å². The number of esters is 1. The topological polar surface area (TPSA) is 93.2 Å². The van der Waals surface area contributed by atoms with E-state index in [0.717, 1.165) is 0 Å². The number of rotatable bonds is 5. The van der Waals surface area contributed by atoms with E-state index in [4.69, 9.17) is 0 Å². The molecule has 0 spiro atoms. The van der Waals surface area contributed by atoms with Crippen LogP contribution in [0.25, 0.3) is 0 Å². The number of halogens is 4. The van der Waals surface area contributed by atoms with Crippen LogP contribution in [0.3, 0.4) is 0 Å². The SMILES string of the molecule is O=C(NCc1ccccc1)OC(=O)c1cnc(Nc2cccc(Br)c2)nc1C(F)(F)F. The fourth-order valence-corrected chi connectivity index (χ4v) is 2.85. The molecule has 3 aromatic rings. The summed E-state index contributed by atoms with van der Waals surface area (Å²) in [6, 6.07) is 15.3. The molecule has 1 heterocycles. The highest BCUT2D eigenvalue weighted by Crippen LogP contribution is 2.31. The molecule has 3 rings (SSSR count). The Balaban J connectivity index is 1.74. The Labute approximate surface area is 182 Å². The lowest BCUT2D eigenvalue weighted by Crippen LogP contribution is -2.28. The summed E-state index contributed by atoms with van der Waals surface area (Å²) >= 11 is 3.24. The van der Waals surface area contributed by atoms with Crippen LogP contribution in [0.4, 0.5) is 29.6 Å². The normalized spacial score (nSPS) is 11.0. The van der Waals surface area contributed by atoms with Crippen LogP contribution < -0.4 is 10.6 Å². The van der Waals surface area contributed by atoms with Gasteiger partial charge in [-0.25, -0.2) is 19.6 Å². The maximum atomic E-state index is 13.5. The van der Waals surface area contributed by atoms with Gasteiger partial charge in [-0.15, -0.1) is 0 Å². The van der Waals surface area contributed by atoms with Crippen LogP contribution in [0.1, 0.15) is 21.6 Å². The van der Waals surface area contributed by atoms with Gasteiger partial charge in [0.05, 0.1) is 0 Å². The molecule has 0 aliphatic rings. The largest absolute Gasteiger partial charge is 0.434 e. The number of carbonyl (C=O) groups is 2. The van der Waals surface area contributed by atoms with E-state index in [-0.39, 0.29) is 12.5 Å². The average molecular weight is 495 g/mol. The minimum atomic E-state index is -4.98. The molecule has 2 N–H and O–H groups in total. The zero-order valence-electron chi connectivity index (χ0n) is 15.6. The average Bonchev–Trinajstić information content (AvgIpc) is 2.72. The van der Waals surface area contributed by atoms with Gasteiger partial charge in [-0.05, 0) is 23.8 Å². The van der Waals surface area contributed by atoms with E-state index >= 15 is 0 Å². The van der Waals surface area contributed by atoms with Crippen molar-refractivity contribution in [3.63, 3.8) is 0 Å². The number of amides is 1. The molecule has 160 valence electrons. The summed E-state index contributed by atoms with van der Waals surface area (Å²) in [5, 5.41) is 4.91. The third-order valence-corrected chi connectivity index (χ3v) is 4.32. The van der Waals surface area contributed by atoms with E-state index in [1.165, 1.54) is 0 Å². The monoisotopic (exact) mass is 494 g/mol. The first-order valence-electron chi connectivity index (χ1n) is 8.73. The van der Waals surface area contributed by atoms with Gasteiger partial charge in [0.2, 0.25) is 5.95 Å². The minimum Gasteiger partial charge on any atom is -0.372 e. The number of ether oxygens (including phenoxy) is 1. The van der Waals surface area contributed by atoms with E-state index in [0.29, 0.717) is 21.9 Å². The van der Waals surface area contributed by atoms with Crippen molar-refractivity contribution >= 4 is 39.6 Å². The van der Waals surface area contributed by atoms with E-state index in [9.17, 15) is 22.8 Å². The maximum Gasteiger partial charge on any atom is 0.434 e. The summed E-state index contributed by atoms with van der Waals surface area (Å²) in [5.41, 5.74) is -1.37. The van der Waals surface area contributed by atoms with Crippen LogP contribution in [-0.4, -0.2) is 22.0 Å². The first kappa shape index (κ1) is 22.2. The number of alkyl halides is 3. The molecule has 31 heavy (non-hydrogen) atoms. The van der Waals surface area contributed by atoms with Crippen LogP contribution in [0.5, 0.6) is 0 Å². The summed E-state index contributed by atoms with van der Waals surface area (Å²) in [7, 11) is 0. The number of hydrogen-bond acceptors (Lipinski definition) is 6. The number of benzene rings is 2. The predicted octanol–water partition coefficient (Wildman–Crippen LogP) is 5.07. The van der Waals surface area contributed by atoms with Gasteiger partial charge in [0.15, 0.2) is 5.69 Å². The molecule has 0 aliphatic carbocycles. The van der Waals surface area contributed by atoms with E-state index < -0.39 is 29.5 Å². The van der Waals surface area contributed by atoms with Crippen molar-refractivity contribution in [2.24, 2.45) is 0 Å². The van der Waals surface area contributed by atoms with E-state index in [1.807, 2.05) is 0 Å². The lowest BCUT2D eigenvalue weighted by Gasteiger charge is -2.13. The van der Waals surface area contributed by atoms with Crippen molar-refractivity contribution in [1.29, 1.82) is 0 Å². The van der Waals surface area contributed by atoms with Gasteiger partial charge in [0.25, 0.3) is 0 Å². The Morgan fingerprint density at radius 1 is 1.06 bits per heavy atom. The third-order valence-electron chi connectivity index (χ3n) is 3.82. The van der Waals surface area contributed by atoms with Crippen molar-refractivity contribution in [3.05, 3.63) is 82.1 Å². The van der Waals surface area contributed by atoms with Crippen molar-refractivity contribution in [2.75, 3.05) is 5.32 Å². The fraction of sp³-hybridized carbons (Fsp3) is 0.100. The highest BCUT2D eigenvalue weighted by molar-refractivity contribution is 9.10. The molecule has 0 saturated carbocycles. The summed E-state index contributed by atoms with van der Waals surface area (Å²) in [4.78, 5) is 31.1. The first-order valence-corrected chi connectivity index (χ1v) is 9.52. The highest BCUT2D eigenvalue weighted by Gasteiger charge is 2.39. The summed E-state index contributed by atoms with van der Waals surface area (Å²) in [5.74, 6) is -1.90. The minimum absolute atomic E-state index is 0.0328. The Morgan fingerprint density at radius 2 is 1.81 bits per heavy atom. The summed E-state index contributed by atoms with van der Waals surface area (Å²) < 4.78 is 45.6. The highest BCUT2D eigenvalue weighted by atomic mass is 79.9. The molecule has 0 saturated heterocycles. The molecular formula is C20H14BrF3N4O3. The number of anilines is 2. The Hall–Kier alpha value is -3.47. The lowest BCUT2D eigenvalue weighted by atomic mass is 10.2. The van der Waals surface area contributed by atoms with Crippen LogP contribution in [0.2, 0.25) is 0 Å². The van der Waals surface area contributed by atoms with Gasteiger partial charge in [0.1, 0.15) is 5.56 Å². The number of alkyl carbamates (subject to hydrolysis) is 1. The molecule has 1 amide bonds. The summed E-state index contributed by atoms with van der Waals surface area (Å²) in [6.45, 7) is 0.0328. The zero-order valence-corrected chi connectivity index (χ0v) is 17.2. The molecule has 0 radical (unpaired) electrons. The second kappa shape index (κ2) is 9.56. The number of aromatic nitrogens is 2. The Kier molecular flexibility index (Phi) is 6.85. The Bertz CT molecular complexity index is 1090. The van der Waals surface area contributed by atoms with Crippen LogP contribution in [0.15, 0.2) is 65.3 Å². The number of nitrogens with zero attached hydrogens (tertiary/aromatic N) is 2. The number of hydrogen-bond donors (Lipinski definition) is 2. The van der Waals surface area contributed by atoms with Gasteiger partial charge in [0, 0.05) is 22.9 Å². The molecule has 11 heteroatoms. The second-order valence-electron chi connectivity index (χ2n) is 6.11. The smallest absolute Gasteiger partial charge is 0.372 e. The summed E-state index contributed by atoms with van der Waals surface area (Å²) in [6.07, 6.45) is -5.52. The molecule has 0 bridgehead atoms. The van der Waals surface area contributed by atoms with Crippen LogP contribution in [0, 0.1) is 0 Å². The fourth-order valence-electron chi connectivity index (χ4n) is 2.45. The predicted molar refractivity (Wildman–Crippen MR) is 109 cm³/mol. The molecule has 0 aliphatic heterocycles. The van der Waals surface area contributed by atoms with Crippen molar-refractivity contribution in [1.82, 2.24) is 15.3 Å². The van der Waals surface area contributed by atoms with Gasteiger partial charge < -0.3 is 15.4 Å². The quantitative estimate of drug-likeness (QED) is 0.380. The molecule has 0 fully saturated rings. The zero-order chi connectivity index (χ0) is 22.4. The standard InChI is InChI=1S/C20H14BrF3N4O3/c21-13-7-4-8-14(9-13)27-18-25-11-15(16(28-18)20(22,23)24)17(29)31-19(30)26-10-12-5-2-1-3-6-12/h1-9,11H,10H2,(H,26,30)(H,25,27,28). The van der Waals surface area contributed by atoms with E-state index in [2.05, 4.69) is 41.3 Å². The molecule has 0 unspecified atom stereocenters. The molecule has 7 nitrogen and oxygen atoms in total. The second-order valence-corrected chi connectivity index (χ2v) is 7.02. The van der Waals surface area contributed by atoms with Gasteiger partial charge in [-0.1, -0.05) is 52.3 Å². The third kappa shape index (κ3) is 6.25. The van der Waals surface area contributed by atoms with Crippen molar-refractivity contribution in [2.45, 2.75) is 12.7 Å². The molecule has 0 atom stereocenters. The molecule has 1 aromatic heterocycles. The van der Waals surface area contributed by atoms with Crippen LogP contribution >= 0.6 is 15.9 Å². The Morgan fingerprint density at radius 3 is 2.48 bits per heavy atom. The van der Waals surface area contributed by atoms with Crippen molar-refractivity contribution < 1.29 is 27.5 Å². The van der Waals surface area contributed by atoms with Crippen molar-refractivity contribution in [3.8, 4) is 0 Å². The molecular weight excluding hydrogens is 481 g/mol. The maximum absolute atomic E-state index is 13.5.